The van der Waals surface area contributed by atoms with Crippen molar-refractivity contribution >= 4 is 34.7 Å². The quantitative estimate of drug-likeness (QED) is 0.0621. The summed E-state index contributed by atoms with van der Waals surface area (Å²) in [5.41, 5.74) is 13.2. The molecule has 4 aliphatic rings. The lowest BCUT2D eigenvalue weighted by molar-refractivity contribution is -0.127. The SMILES string of the molecule is CC(Nc1cccc2c1CN(C1CCCNC1=O)C2=O)c1cn(CCCCCCCCCN2CCN(c3ccc(N4CCCC(Oc5cc(-c6ccccc6O)nnc5N)C4)cc3)CC2)nn1. The van der Waals surface area contributed by atoms with Gasteiger partial charge in [-0.25, -0.2) is 0 Å². The summed E-state index contributed by atoms with van der Waals surface area (Å²) in [6, 6.07) is 23.1. The molecule has 67 heavy (non-hydrogen) atoms. The van der Waals surface area contributed by atoms with Gasteiger partial charge in [-0.05, 0) is 101 Å². The number of anilines is 4. The number of phenols is 1. The first-order chi connectivity index (χ1) is 32.8. The third kappa shape index (κ3) is 11.1. The Hall–Kier alpha value is -6.42. The van der Waals surface area contributed by atoms with Gasteiger partial charge in [-0.15, -0.1) is 15.3 Å². The van der Waals surface area contributed by atoms with Crippen molar-refractivity contribution < 1.29 is 19.4 Å². The number of piperazine rings is 1. The molecule has 4 aliphatic heterocycles. The molecule has 9 rings (SSSR count). The number of hydrogen-bond donors (Lipinski definition) is 4. The van der Waals surface area contributed by atoms with Gasteiger partial charge < -0.3 is 40.9 Å². The molecule has 3 atom stereocenters. The van der Waals surface area contributed by atoms with E-state index in [4.69, 9.17) is 10.5 Å². The Morgan fingerprint density at radius 3 is 2.31 bits per heavy atom. The first-order valence-corrected chi connectivity index (χ1v) is 24.5. The number of aromatic hydroxyl groups is 1. The molecule has 0 radical (unpaired) electrons. The van der Waals surface area contributed by atoms with Gasteiger partial charge in [0.15, 0.2) is 11.6 Å². The third-order valence-electron chi connectivity index (χ3n) is 14.0. The van der Waals surface area contributed by atoms with Crippen LogP contribution in [0.1, 0.15) is 105 Å². The monoisotopic (exact) mass is 911 g/mol. The highest BCUT2D eigenvalue weighted by molar-refractivity contribution is 6.02. The number of para-hydroxylation sites is 1. The molecule has 2 amide bonds. The smallest absolute Gasteiger partial charge is 0.255 e. The first kappa shape index (κ1) is 45.7. The van der Waals surface area contributed by atoms with E-state index in [1.54, 1.807) is 29.2 Å². The van der Waals surface area contributed by atoms with Crippen LogP contribution < -0.4 is 30.9 Å². The molecule has 0 saturated carbocycles. The number of benzene rings is 3. The zero-order valence-electron chi connectivity index (χ0n) is 38.9. The molecule has 16 heteroatoms. The second-order valence-corrected chi connectivity index (χ2v) is 18.6. The Kier molecular flexibility index (Phi) is 14.7. The van der Waals surface area contributed by atoms with E-state index in [0.717, 1.165) is 88.4 Å². The van der Waals surface area contributed by atoms with Crippen molar-refractivity contribution in [3.8, 4) is 22.8 Å². The Bertz CT molecular complexity index is 2450. The highest BCUT2D eigenvalue weighted by atomic mass is 16.5. The Morgan fingerprint density at radius 1 is 0.806 bits per heavy atom. The maximum absolute atomic E-state index is 13.3. The zero-order valence-corrected chi connectivity index (χ0v) is 38.9. The number of ether oxygens (including phenoxy) is 1. The minimum absolute atomic E-state index is 0.0387. The van der Waals surface area contributed by atoms with Crippen molar-refractivity contribution in [1.29, 1.82) is 0 Å². The molecule has 354 valence electrons. The van der Waals surface area contributed by atoms with E-state index in [1.165, 1.54) is 56.4 Å². The lowest BCUT2D eigenvalue weighted by Gasteiger charge is -2.37. The number of piperidine rings is 2. The molecule has 3 saturated heterocycles. The number of carbonyl (C=O) groups excluding carboxylic acids is 2. The normalized spacial score (nSPS) is 19.3. The summed E-state index contributed by atoms with van der Waals surface area (Å²) in [7, 11) is 0. The summed E-state index contributed by atoms with van der Waals surface area (Å²) in [5, 5.41) is 34.0. The van der Waals surface area contributed by atoms with Crippen LogP contribution in [0.5, 0.6) is 11.5 Å². The Labute approximate surface area is 393 Å². The summed E-state index contributed by atoms with van der Waals surface area (Å²) in [4.78, 5) is 35.0. The number of aromatic nitrogens is 5. The van der Waals surface area contributed by atoms with E-state index in [2.05, 4.69) is 77.0 Å². The van der Waals surface area contributed by atoms with Crippen LogP contribution >= 0.6 is 0 Å². The van der Waals surface area contributed by atoms with Gasteiger partial charge >= 0.3 is 0 Å². The van der Waals surface area contributed by atoms with Crippen molar-refractivity contribution in [2.75, 3.05) is 73.2 Å². The van der Waals surface area contributed by atoms with Gasteiger partial charge in [0.25, 0.3) is 5.91 Å². The predicted molar refractivity (Wildman–Crippen MR) is 261 cm³/mol. The maximum Gasteiger partial charge on any atom is 0.255 e. The van der Waals surface area contributed by atoms with Crippen molar-refractivity contribution in [2.45, 2.75) is 109 Å². The zero-order chi connectivity index (χ0) is 46.1. The summed E-state index contributed by atoms with van der Waals surface area (Å²) in [6.45, 7) is 11.2. The van der Waals surface area contributed by atoms with E-state index >= 15 is 0 Å². The van der Waals surface area contributed by atoms with Gasteiger partial charge in [-0.2, -0.15) is 0 Å². The molecule has 5 N–H and O–H groups in total. The number of nitrogen functional groups attached to an aromatic ring is 1. The number of hydrogen-bond acceptors (Lipinski definition) is 13. The van der Waals surface area contributed by atoms with Crippen LogP contribution in [0.4, 0.5) is 22.9 Å². The average molecular weight is 911 g/mol. The van der Waals surface area contributed by atoms with Crippen LogP contribution in [0, 0.1) is 0 Å². The van der Waals surface area contributed by atoms with Gasteiger partial charge in [0.2, 0.25) is 5.91 Å². The average Bonchev–Trinajstić information content (AvgIpc) is 3.97. The van der Waals surface area contributed by atoms with E-state index in [9.17, 15) is 14.7 Å². The molecule has 3 aromatic carbocycles. The van der Waals surface area contributed by atoms with Crippen LogP contribution in [0.25, 0.3) is 11.3 Å². The molecule has 3 unspecified atom stereocenters. The number of aryl methyl sites for hydroxylation is 1. The van der Waals surface area contributed by atoms with Gasteiger partial charge in [-0.1, -0.05) is 55.5 Å². The molecule has 2 aromatic heterocycles. The minimum Gasteiger partial charge on any atom is -0.507 e. The third-order valence-corrected chi connectivity index (χ3v) is 14.0. The number of carbonyl (C=O) groups is 2. The van der Waals surface area contributed by atoms with Crippen molar-refractivity contribution in [2.24, 2.45) is 0 Å². The molecule has 16 nitrogen and oxygen atoms in total. The topological polar surface area (TPSA) is 183 Å². The second-order valence-electron chi connectivity index (χ2n) is 18.6. The van der Waals surface area contributed by atoms with Crippen molar-refractivity contribution in [3.63, 3.8) is 0 Å². The summed E-state index contributed by atoms with van der Waals surface area (Å²) in [6.07, 6.45) is 14.1. The molecular weight excluding hydrogens is 845 g/mol. The lowest BCUT2D eigenvalue weighted by Crippen LogP contribution is -2.50. The van der Waals surface area contributed by atoms with Crippen LogP contribution in [0.15, 0.2) is 79.0 Å². The predicted octanol–water partition coefficient (Wildman–Crippen LogP) is 7.03. The summed E-state index contributed by atoms with van der Waals surface area (Å²) >= 11 is 0. The van der Waals surface area contributed by atoms with E-state index in [0.29, 0.717) is 42.1 Å². The summed E-state index contributed by atoms with van der Waals surface area (Å²) in [5.74, 6) is 0.750. The highest BCUT2D eigenvalue weighted by Crippen LogP contribution is 2.35. The van der Waals surface area contributed by atoms with Crippen LogP contribution in [0.2, 0.25) is 0 Å². The molecule has 3 fully saturated rings. The number of nitrogens with two attached hydrogens (primary N) is 1. The van der Waals surface area contributed by atoms with Crippen molar-refractivity contribution in [1.82, 2.24) is 40.3 Å². The number of amides is 2. The van der Waals surface area contributed by atoms with E-state index in [1.807, 2.05) is 35.1 Å². The van der Waals surface area contributed by atoms with Gasteiger partial charge in [0.05, 0.1) is 18.8 Å². The van der Waals surface area contributed by atoms with Gasteiger partial charge in [0.1, 0.15) is 29.3 Å². The molecule has 0 aliphatic carbocycles. The molecule has 6 heterocycles. The van der Waals surface area contributed by atoms with Crippen LogP contribution in [-0.4, -0.2) is 116 Å². The first-order valence-electron chi connectivity index (χ1n) is 24.5. The van der Waals surface area contributed by atoms with Gasteiger partial charge in [0, 0.05) is 92.2 Å². The number of unbranched alkanes of at least 4 members (excludes halogenated alkanes) is 6. The van der Waals surface area contributed by atoms with Crippen LogP contribution in [-0.2, 0) is 17.9 Å². The van der Waals surface area contributed by atoms with Crippen LogP contribution in [0.3, 0.4) is 0 Å². The minimum atomic E-state index is -0.408. The Balaban J connectivity index is 0.629. The Morgan fingerprint density at radius 2 is 1.54 bits per heavy atom. The largest absolute Gasteiger partial charge is 0.507 e. The molecular formula is C51H66N12O4. The number of nitrogens with zero attached hydrogens (tertiary/aromatic N) is 9. The molecule has 0 bridgehead atoms. The molecule has 5 aromatic rings. The van der Waals surface area contributed by atoms with E-state index < -0.39 is 6.04 Å². The second kappa shape index (κ2) is 21.5. The summed E-state index contributed by atoms with van der Waals surface area (Å²) < 4.78 is 8.35. The molecule has 0 spiro atoms. The fraction of sp³-hybridized carbons (Fsp3) is 0.490. The van der Waals surface area contributed by atoms with Gasteiger partial charge in [-0.3, -0.25) is 19.2 Å². The maximum atomic E-state index is 13.3. The fourth-order valence-electron chi connectivity index (χ4n) is 10.1. The standard InChI is InChI=1S/C51H66N12O4/c1-36(54-43-17-11-16-40-42(43)34-63(51(40)66)46-18-12-24-53-50(46)65)45-35-62(58-56-45)27-10-6-4-2-3-5-9-25-59-28-30-60(31-29-59)37-20-22-38(23-21-37)61-26-13-14-39(33-61)67-48-32-44(55-57-49(48)52)41-15-7-8-19-47(41)64/h7-8,11,15-17,19-23,32,35-36,39,46,54,64H,2-6,9-10,12-14,18,24-31,33-34H2,1H3,(H2,52,57)(H,53,65). The van der Waals surface area contributed by atoms with E-state index in [-0.39, 0.29) is 35.5 Å². The number of nitrogens with one attached hydrogen (secondary N) is 2. The number of fused-ring (bicyclic) bond motifs is 1. The number of rotatable bonds is 19. The highest BCUT2D eigenvalue weighted by Gasteiger charge is 2.38. The number of phenolic OH excluding ortho intramolecular Hbond substituents is 1. The lowest BCUT2D eigenvalue weighted by atomic mass is 10.1. The fourth-order valence-corrected chi connectivity index (χ4v) is 10.1. The van der Waals surface area contributed by atoms with Crippen molar-refractivity contribution in [3.05, 3.63) is 95.8 Å².